The molecule has 0 aliphatic heterocycles. The smallest absolute Gasteiger partial charge is 0.264 e. The second-order valence-corrected chi connectivity index (χ2v) is 13.4. The Morgan fingerprint density at radius 1 is 1.02 bits per heavy atom. The molecule has 1 N–H and O–H groups in total. The summed E-state index contributed by atoms with van der Waals surface area (Å²) in [6, 6.07) is 15.0. The molecular formula is C30H34BrCl2N3O5S. The van der Waals surface area contributed by atoms with Crippen LogP contribution < -0.4 is 14.4 Å². The third kappa shape index (κ3) is 7.98. The number of anilines is 1. The van der Waals surface area contributed by atoms with E-state index in [1.54, 1.807) is 49.4 Å². The number of hydrogen-bond acceptors (Lipinski definition) is 5. The molecule has 0 bridgehead atoms. The molecule has 42 heavy (non-hydrogen) atoms. The molecular weight excluding hydrogens is 665 g/mol. The largest absolute Gasteiger partial charge is 0.496 e. The third-order valence-electron chi connectivity index (χ3n) is 6.87. The highest BCUT2D eigenvalue weighted by atomic mass is 79.9. The second-order valence-electron chi connectivity index (χ2n) is 9.86. The highest BCUT2D eigenvalue weighted by molar-refractivity contribution is 9.10. The second kappa shape index (κ2) is 14.6. The number of nitrogens with one attached hydrogen (secondary N) is 1. The fourth-order valence-corrected chi connectivity index (χ4v) is 6.73. The summed E-state index contributed by atoms with van der Waals surface area (Å²) in [5.41, 5.74) is 1.65. The predicted molar refractivity (Wildman–Crippen MR) is 171 cm³/mol. The molecule has 3 rings (SSSR count). The van der Waals surface area contributed by atoms with Crippen LogP contribution in [-0.2, 0) is 26.2 Å². The molecule has 0 heterocycles. The Bertz CT molecular complexity index is 1520. The van der Waals surface area contributed by atoms with Crippen LogP contribution in [0.5, 0.6) is 5.75 Å². The van der Waals surface area contributed by atoms with Gasteiger partial charge in [0.2, 0.25) is 11.8 Å². The van der Waals surface area contributed by atoms with Gasteiger partial charge in [-0.25, -0.2) is 8.42 Å². The Morgan fingerprint density at radius 2 is 1.64 bits per heavy atom. The molecule has 226 valence electrons. The fourth-order valence-electron chi connectivity index (χ4n) is 4.08. The first-order chi connectivity index (χ1) is 19.8. The van der Waals surface area contributed by atoms with E-state index in [4.69, 9.17) is 27.9 Å². The molecule has 0 aliphatic rings. The first-order valence-electron chi connectivity index (χ1n) is 13.3. The summed E-state index contributed by atoms with van der Waals surface area (Å²) in [5, 5.41) is 3.54. The average molecular weight is 699 g/mol. The van der Waals surface area contributed by atoms with Crippen LogP contribution in [0.2, 0.25) is 10.0 Å². The van der Waals surface area contributed by atoms with E-state index in [1.165, 1.54) is 30.2 Å². The van der Waals surface area contributed by atoms with Crippen molar-refractivity contribution in [3.8, 4) is 5.75 Å². The SMILES string of the molecule is CC[C@@H](C)NC(=O)[C@@H](C)N(Cc1c(Cl)cccc1Cl)C(=O)CN(c1ccc(C)cc1)S(=O)(=O)c1ccc(OC)c(Br)c1. The minimum Gasteiger partial charge on any atom is -0.496 e. The summed E-state index contributed by atoms with van der Waals surface area (Å²) < 4.78 is 34.8. The summed E-state index contributed by atoms with van der Waals surface area (Å²) >= 11 is 16.2. The zero-order chi connectivity index (χ0) is 31.2. The number of amides is 2. The lowest BCUT2D eigenvalue weighted by atomic mass is 10.1. The number of halogens is 3. The Balaban J connectivity index is 2.08. The molecule has 0 saturated carbocycles. The van der Waals surface area contributed by atoms with Gasteiger partial charge >= 0.3 is 0 Å². The van der Waals surface area contributed by atoms with E-state index in [1.807, 2.05) is 20.8 Å². The predicted octanol–water partition coefficient (Wildman–Crippen LogP) is 6.60. The first-order valence-corrected chi connectivity index (χ1v) is 16.2. The Morgan fingerprint density at radius 3 is 2.19 bits per heavy atom. The van der Waals surface area contributed by atoms with Crippen LogP contribution in [-0.4, -0.2) is 50.9 Å². The van der Waals surface area contributed by atoms with Crippen molar-refractivity contribution in [2.75, 3.05) is 18.0 Å². The van der Waals surface area contributed by atoms with Crippen LogP contribution in [0.3, 0.4) is 0 Å². The van der Waals surface area contributed by atoms with Gasteiger partial charge in [-0.15, -0.1) is 0 Å². The van der Waals surface area contributed by atoms with Gasteiger partial charge in [-0.1, -0.05) is 53.9 Å². The number of rotatable bonds is 12. The molecule has 0 fully saturated rings. The number of nitrogens with zero attached hydrogens (tertiary/aromatic N) is 2. The number of ether oxygens (including phenoxy) is 1. The summed E-state index contributed by atoms with van der Waals surface area (Å²) in [6.07, 6.45) is 0.694. The van der Waals surface area contributed by atoms with Crippen molar-refractivity contribution >= 4 is 66.7 Å². The van der Waals surface area contributed by atoms with Gasteiger partial charge in [0.05, 0.1) is 22.2 Å². The van der Waals surface area contributed by atoms with Crippen LogP contribution in [0.25, 0.3) is 0 Å². The van der Waals surface area contributed by atoms with Gasteiger partial charge in [-0.2, -0.15) is 0 Å². The molecule has 2 atom stereocenters. The first kappa shape index (κ1) is 33.7. The van der Waals surface area contributed by atoms with Gasteiger partial charge in [-0.3, -0.25) is 13.9 Å². The topological polar surface area (TPSA) is 96.0 Å². The average Bonchev–Trinajstić information content (AvgIpc) is 2.95. The molecule has 12 heteroatoms. The molecule has 0 aromatic heterocycles. The van der Waals surface area contributed by atoms with E-state index in [2.05, 4.69) is 21.2 Å². The number of carbonyl (C=O) groups is 2. The summed E-state index contributed by atoms with van der Waals surface area (Å²) in [6.45, 7) is 6.57. The lowest BCUT2D eigenvalue weighted by Crippen LogP contribution is -2.52. The molecule has 8 nitrogen and oxygen atoms in total. The standard InChI is InChI=1S/C30H34BrCl2N3O5S/c1-6-20(3)34-30(38)21(4)35(17-24-26(32)8-7-9-27(24)33)29(37)18-36(22-12-10-19(2)11-13-22)42(39,40)23-14-15-28(41-5)25(31)16-23/h7-16,20-21H,6,17-18H2,1-5H3,(H,34,38)/t20-,21-/m1/s1. The highest BCUT2D eigenvalue weighted by Gasteiger charge is 2.33. The van der Waals surface area contributed by atoms with Crippen molar-refractivity contribution in [1.82, 2.24) is 10.2 Å². The van der Waals surface area contributed by atoms with E-state index in [-0.39, 0.29) is 29.1 Å². The highest BCUT2D eigenvalue weighted by Crippen LogP contribution is 2.32. The quantitative estimate of drug-likeness (QED) is 0.230. The van der Waals surface area contributed by atoms with Crippen LogP contribution >= 0.6 is 39.1 Å². The van der Waals surface area contributed by atoms with Crippen LogP contribution in [0, 0.1) is 6.92 Å². The normalized spacial score (nSPS) is 12.8. The molecule has 0 unspecified atom stereocenters. The van der Waals surface area contributed by atoms with Gasteiger partial charge < -0.3 is 15.0 Å². The molecule has 0 aliphatic carbocycles. The van der Waals surface area contributed by atoms with Crippen LogP contribution in [0.1, 0.15) is 38.3 Å². The van der Waals surface area contributed by atoms with Crippen molar-refractivity contribution < 1.29 is 22.7 Å². The maximum atomic E-state index is 14.1. The summed E-state index contributed by atoms with van der Waals surface area (Å²) in [4.78, 5) is 28.5. The number of sulfonamides is 1. The fraction of sp³-hybridized carbons (Fsp3) is 0.333. The molecule has 0 radical (unpaired) electrons. The van der Waals surface area contributed by atoms with Gasteiger partial charge in [0.25, 0.3) is 10.0 Å². The van der Waals surface area contributed by atoms with E-state index in [9.17, 15) is 18.0 Å². The van der Waals surface area contributed by atoms with Gasteiger partial charge in [0.15, 0.2) is 0 Å². The third-order valence-corrected chi connectivity index (χ3v) is 9.97. The zero-order valence-corrected chi connectivity index (χ0v) is 27.9. The summed E-state index contributed by atoms with van der Waals surface area (Å²) in [5.74, 6) is -0.546. The van der Waals surface area contributed by atoms with Crippen LogP contribution in [0.15, 0.2) is 70.0 Å². The van der Waals surface area contributed by atoms with E-state index in [0.717, 1.165) is 9.87 Å². The monoisotopic (exact) mass is 697 g/mol. The van der Waals surface area contributed by atoms with E-state index in [0.29, 0.717) is 32.3 Å². The van der Waals surface area contributed by atoms with E-state index < -0.39 is 28.5 Å². The maximum Gasteiger partial charge on any atom is 0.264 e. The van der Waals surface area contributed by atoms with Gasteiger partial charge in [0.1, 0.15) is 18.3 Å². The maximum absolute atomic E-state index is 14.1. The molecule has 0 spiro atoms. The lowest BCUT2D eigenvalue weighted by molar-refractivity contribution is -0.139. The number of methoxy groups -OCH3 is 1. The lowest BCUT2D eigenvalue weighted by Gasteiger charge is -2.33. The Labute approximate surface area is 266 Å². The van der Waals surface area contributed by atoms with Crippen molar-refractivity contribution in [3.63, 3.8) is 0 Å². The number of carbonyl (C=O) groups excluding carboxylic acids is 2. The molecule has 2 amide bonds. The van der Waals surface area contributed by atoms with Crippen molar-refractivity contribution in [2.24, 2.45) is 0 Å². The van der Waals surface area contributed by atoms with Gasteiger partial charge in [-0.05, 0) is 85.6 Å². The molecule has 3 aromatic rings. The Kier molecular flexibility index (Phi) is 11.7. The van der Waals surface area contributed by atoms with Crippen molar-refractivity contribution in [1.29, 1.82) is 0 Å². The minimum absolute atomic E-state index is 0.0492. The molecule has 3 aromatic carbocycles. The van der Waals surface area contributed by atoms with Crippen molar-refractivity contribution in [3.05, 3.63) is 86.3 Å². The minimum atomic E-state index is -4.25. The Hall–Kier alpha value is -2.79. The number of benzene rings is 3. The van der Waals surface area contributed by atoms with Crippen LogP contribution in [0.4, 0.5) is 5.69 Å². The number of aryl methyl sites for hydroxylation is 1. The van der Waals surface area contributed by atoms with E-state index >= 15 is 0 Å². The zero-order valence-electron chi connectivity index (χ0n) is 24.0. The summed E-state index contributed by atoms with van der Waals surface area (Å²) in [7, 11) is -2.78. The molecule has 0 saturated heterocycles. The van der Waals surface area contributed by atoms with Gasteiger partial charge in [0, 0.05) is 28.2 Å². The number of hydrogen-bond donors (Lipinski definition) is 1. The van der Waals surface area contributed by atoms with Crippen molar-refractivity contribution in [2.45, 2.75) is 57.6 Å².